The lowest BCUT2D eigenvalue weighted by molar-refractivity contribution is 0.208. The smallest absolute Gasteiger partial charge is 0.250 e. The van der Waals surface area contributed by atoms with Crippen LogP contribution in [-0.4, -0.2) is 58.9 Å². The van der Waals surface area contributed by atoms with Crippen molar-refractivity contribution in [2.75, 3.05) is 42.9 Å². The minimum atomic E-state index is -1.73. The van der Waals surface area contributed by atoms with Crippen molar-refractivity contribution in [2.45, 2.75) is 16.8 Å². The van der Waals surface area contributed by atoms with Gasteiger partial charge in [-0.1, -0.05) is 34.8 Å². The molecule has 1 aliphatic rings. The molecule has 1 aromatic heterocycles. The molecule has 0 amide bonds. The molecule has 2 rings (SSSR count). The van der Waals surface area contributed by atoms with Gasteiger partial charge < -0.3 is 20.6 Å². The lowest BCUT2D eigenvalue weighted by Gasteiger charge is -2.28. The number of hydrogen-bond acceptors (Lipinski definition) is 7. The molecule has 2 heterocycles. The molecule has 0 bridgehead atoms. The van der Waals surface area contributed by atoms with E-state index in [0.29, 0.717) is 12.5 Å². The van der Waals surface area contributed by atoms with Gasteiger partial charge in [0.05, 0.1) is 6.10 Å². The molecule has 21 heavy (non-hydrogen) atoms. The zero-order chi connectivity index (χ0) is 15.5. The molecule has 10 heteroatoms. The number of alkyl halides is 3. The maximum Gasteiger partial charge on any atom is 0.250 e. The molecule has 1 saturated heterocycles. The van der Waals surface area contributed by atoms with Gasteiger partial charge in [-0.25, -0.2) is 0 Å². The second kappa shape index (κ2) is 7.11. The third kappa shape index (κ3) is 4.96. The van der Waals surface area contributed by atoms with E-state index >= 15 is 0 Å². The summed E-state index contributed by atoms with van der Waals surface area (Å²) < 4.78 is -1.73. The van der Waals surface area contributed by atoms with Crippen molar-refractivity contribution in [3.8, 4) is 0 Å². The van der Waals surface area contributed by atoms with Crippen molar-refractivity contribution in [1.82, 2.24) is 20.3 Å². The van der Waals surface area contributed by atoms with Crippen LogP contribution < -0.4 is 15.5 Å². The van der Waals surface area contributed by atoms with Crippen LogP contribution in [0.25, 0.3) is 0 Å². The first-order valence-electron chi connectivity index (χ1n) is 6.57. The third-order valence-corrected chi connectivity index (χ3v) is 3.34. The first-order valence-corrected chi connectivity index (χ1v) is 7.70. The minimum Gasteiger partial charge on any atom is -0.392 e. The fourth-order valence-electron chi connectivity index (χ4n) is 1.82. The summed E-state index contributed by atoms with van der Waals surface area (Å²) in [7, 11) is 0. The van der Waals surface area contributed by atoms with E-state index in [0.717, 1.165) is 26.2 Å². The summed E-state index contributed by atoms with van der Waals surface area (Å²) in [4.78, 5) is 14.6. The highest BCUT2D eigenvalue weighted by Gasteiger charge is 2.29. The highest BCUT2D eigenvalue weighted by molar-refractivity contribution is 6.66. The molecule has 7 nitrogen and oxygen atoms in total. The molecule has 0 aliphatic carbocycles. The molecular weight excluding hydrogens is 339 g/mol. The third-order valence-electron chi connectivity index (χ3n) is 2.83. The normalized spacial score (nSPS) is 17.7. The Balaban J connectivity index is 2.27. The summed E-state index contributed by atoms with van der Waals surface area (Å²) in [6, 6.07) is 0. The zero-order valence-corrected chi connectivity index (χ0v) is 13.8. The fourth-order valence-corrected chi connectivity index (χ4v) is 2.07. The van der Waals surface area contributed by atoms with Crippen molar-refractivity contribution in [3.05, 3.63) is 5.82 Å². The Morgan fingerprint density at radius 3 is 2.52 bits per heavy atom. The molecule has 3 N–H and O–H groups in total. The number of aliphatic hydroxyl groups excluding tert-OH is 1. The van der Waals surface area contributed by atoms with Crippen LogP contribution in [0.2, 0.25) is 0 Å². The fraction of sp³-hybridized carbons (Fsp3) is 0.727. The Labute approximate surface area is 138 Å². The number of aromatic nitrogens is 3. The van der Waals surface area contributed by atoms with E-state index in [9.17, 15) is 5.11 Å². The Morgan fingerprint density at radius 1 is 1.29 bits per heavy atom. The quantitative estimate of drug-likeness (QED) is 0.692. The Kier molecular flexibility index (Phi) is 5.67. The number of hydrogen-bond donors (Lipinski definition) is 3. The summed E-state index contributed by atoms with van der Waals surface area (Å²) in [6.07, 6.45) is -0.541. The molecule has 0 spiro atoms. The number of aliphatic hydroxyl groups is 1. The van der Waals surface area contributed by atoms with E-state index < -0.39 is 9.90 Å². The Hall–Kier alpha value is -0.600. The zero-order valence-electron chi connectivity index (χ0n) is 11.5. The van der Waals surface area contributed by atoms with Gasteiger partial charge in [0.15, 0.2) is 5.82 Å². The van der Waals surface area contributed by atoms with E-state index in [2.05, 4.69) is 25.6 Å². The number of nitrogens with zero attached hydrogens (tertiary/aromatic N) is 4. The van der Waals surface area contributed by atoms with Gasteiger partial charge in [0.25, 0.3) is 0 Å². The van der Waals surface area contributed by atoms with Crippen LogP contribution in [-0.2, 0) is 3.79 Å². The molecule has 1 unspecified atom stereocenters. The van der Waals surface area contributed by atoms with Crippen LogP contribution in [0.15, 0.2) is 0 Å². The van der Waals surface area contributed by atoms with Crippen molar-refractivity contribution in [2.24, 2.45) is 0 Å². The van der Waals surface area contributed by atoms with Crippen molar-refractivity contribution < 1.29 is 5.11 Å². The standard InChI is InChI=1S/C11H17Cl3N6O/c1-7(21)6-16-9-17-8(11(12,13)14)18-10(19-9)20-4-2-15-3-5-20/h7,15,21H,2-6H2,1H3,(H,16,17,18,19). The summed E-state index contributed by atoms with van der Waals surface area (Å²) >= 11 is 17.6. The summed E-state index contributed by atoms with van der Waals surface area (Å²) in [5, 5.41) is 15.5. The van der Waals surface area contributed by atoms with Gasteiger partial charge in [-0.05, 0) is 6.92 Å². The van der Waals surface area contributed by atoms with Gasteiger partial charge >= 0.3 is 0 Å². The number of piperazine rings is 1. The summed E-state index contributed by atoms with van der Waals surface area (Å²) in [6.45, 7) is 5.15. The van der Waals surface area contributed by atoms with Crippen LogP contribution in [0.1, 0.15) is 12.7 Å². The highest BCUT2D eigenvalue weighted by atomic mass is 35.6. The predicted molar refractivity (Wildman–Crippen MR) is 84.3 cm³/mol. The number of rotatable bonds is 4. The predicted octanol–water partition coefficient (Wildman–Crippen LogP) is 0.901. The van der Waals surface area contributed by atoms with E-state index in [1.54, 1.807) is 6.92 Å². The van der Waals surface area contributed by atoms with Crippen LogP contribution >= 0.6 is 34.8 Å². The van der Waals surface area contributed by atoms with Crippen molar-refractivity contribution in [3.63, 3.8) is 0 Å². The van der Waals surface area contributed by atoms with E-state index in [-0.39, 0.29) is 11.8 Å². The van der Waals surface area contributed by atoms with Crippen molar-refractivity contribution in [1.29, 1.82) is 0 Å². The van der Waals surface area contributed by atoms with Crippen LogP contribution in [0.3, 0.4) is 0 Å². The Bertz CT molecular complexity index is 476. The molecule has 0 saturated carbocycles. The van der Waals surface area contributed by atoms with Crippen LogP contribution in [0, 0.1) is 0 Å². The summed E-state index contributed by atoms with van der Waals surface area (Å²) in [5.41, 5.74) is 0. The lowest BCUT2D eigenvalue weighted by Crippen LogP contribution is -2.44. The minimum absolute atomic E-state index is 0.0594. The van der Waals surface area contributed by atoms with Crippen molar-refractivity contribution >= 4 is 46.7 Å². The van der Waals surface area contributed by atoms with E-state index in [4.69, 9.17) is 34.8 Å². The monoisotopic (exact) mass is 354 g/mol. The molecule has 118 valence electrons. The maximum atomic E-state index is 9.33. The second-order valence-corrected chi connectivity index (χ2v) is 7.03. The van der Waals surface area contributed by atoms with Gasteiger partial charge in [0.1, 0.15) is 0 Å². The summed E-state index contributed by atoms with van der Waals surface area (Å²) in [5.74, 6) is 0.797. The van der Waals surface area contributed by atoms with Gasteiger partial charge in [0.2, 0.25) is 15.7 Å². The molecular formula is C11H17Cl3N6O. The number of nitrogens with one attached hydrogen (secondary N) is 2. The molecule has 1 aliphatic heterocycles. The lowest BCUT2D eigenvalue weighted by atomic mass is 10.4. The van der Waals surface area contributed by atoms with Crippen LogP contribution in [0.4, 0.5) is 11.9 Å². The van der Waals surface area contributed by atoms with E-state index in [1.807, 2.05) is 4.90 Å². The Morgan fingerprint density at radius 2 is 1.95 bits per heavy atom. The first kappa shape index (κ1) is 16.8. The molecule has 0 radical (unpaired) electrons. The van der Waals surface area contributed by atoms with Gasteiger partial charge in [-0.3, -0.25) is 0 Å². The van der Waals surface area contributed by atoms with Gasteiger partial charge in [-0.2, -0.15) is 15.0 Å². The number of halogens is 3. The molecule has 1 fully saturated rings. The molecule has 0 aromatic carbocycles. The van der Waals surface area contributed by atoms with E-state index in [1.165, 1.54) is 0 Å². The second-order valence-electron chi connectivity index (χ2n) is 4.75. The molecule has 1 atom stereocenters. The average molecular weight is 356 g/mol. The average Bonchev–Trinajstić information content (AvgIpc) is 2.45. The first-order chi connectivity index (χ1) is 9.86. The largest absolute Gasteiger partial charge is 0.392 e. The number of anilines is 2. The SMILES string of the molecule is CC(O)CNc1nc(N2CCNCC2)nc(C(Cl)(Cl)Cl)n1. The van der Waals surface area contributed by atoms with Gasteiger partial charge in [0, 0.05) is 32.7 Å². The molecule has 1 aromatic rings. The van der Waals surface area contributed by atoms with Gasteiger partial charge in [-0.15, -0.1) is 0 Å². The highest BCUT2D eigenvalue weighted by Crippen LogP contribution is 2.36. The maximum absolute atomic E-state index is 9.33. The van der Waals surface area contributed by atoms with Crippen LogP contribution in [0.5, 0.6) is 0 Å². The topological polar surface area (TPSA) is 86.2 Å².